The third-order valence-electron chi connectivity index (χ3n) is 3.05. The van der Waals surface area contributed by atoms with Gasteiger partial charge in [-0.25, -0.2) is 0 Å². The van der Waals surface area contributed by atoms with Crippen LogP contribution >= 0.6 is 0 Å². The van der Waals surface area contributed by atoms with E-state index in [1.807, 2.05) is 13.8 Å². The normalized spacial score (nSPS) is 17.3. The van der Waals surface area contributed by atoms with E-state index < -0.39 is 0 Å². The average molecular weight is 192 g/mol. The van der Waals surface area contributed by atoms with Crippen LogP contribution in [0.1, 0.15) is 46.0 Å². The molecule has 0 N–H and O–H groups in total. The van der Waals surface area contributed by atoms with Gasteiger partial charge in [-0.05, 0) is 32.3 Å². The lowest BCUT2D eigenvalue weighted by atomic mass is 9.94. The van der Waals surface area contributed by atoms with Gasteiger partial charge in [0.2, 0.25) is 0 Å². The third kappa shape index (κ3) is 2.51. The molecule has 0 amide bonds. The van der Waals surface area contributed by atoms with Crippen molar-refractivity contribution >= 4 is 0 Å². The van der Waals surface area contributed by atoms with Crippen molar-refractivity contribution in [2.45, 2.75) is 52.0 Å². The van der Waals surface area contributed by atoms with Gasteiger partial charge < -0.3 is 4.90 Å². The van der Waals surface area contributed by atoms with Gasteiger partial charge in [0.15, 0.2) is 0 Å². The van der Waals surface area contributed by atoms with Gasteiger partial charge in [-0.15, -0.1) is 0 Å². The van der Waals surface area contributed by atoms with Crippen molar-refractivity contribution in [3.05, 3.63) is 11.3 Å². The van der Waals surface area contributed by atoms with E-state index in [1.165, 1.54) is 32.1 Å². The summed E-state index contributed by atoms with van der Waals surface area (Å²) in [5.41, 5.74) is 1.98. The SMILES string of the molecule is CC(C)=C(C#N)N(C)C1CCCCC1. The van der Waals surface area contributed by atoms with Gasteiger partial charge in [0.1, 0.15) is 11.8 Å². The summed E-state index contributed by atoms with van der Waals surface area (Å²) in [5.74, 6) is 0. The van der Waals surface area contributed by atoms with Crippen molar-refractivity contribution in [2.75, 3.05) is 7.05 Å². The molecule has 1 aliphatic rings. The van der Waals surface area contributed by atoms with Crippen LogP contribution in [0.15, 0.2) is 11.3 Å². The van der Waals surface area contributed by atoms with Gasteiger partial charge in [-0.3, -0.25) is 0 Å². The van der Waals surface area contributed by atoms with Crippen LogP contribution in [0.2, 0.25) is 0 Å². The molecule has 0 bridgehead atoms. The van der Waals surface area contributed by atoms with Crippen molar-refractivity contribution in [3.63, 3.8) is 0 Å². The van der Waals surface area contributed by atoms with Gasteiger partial charge in [0, 0.05) is 13.1 Å². The van der Waals surface area contributed by atoms with Crippen LogP contribution in [0.3, 0.4) is 0 Å². The minimum Gasteiger partial charge on any atom is -0.363 e. The number of hydrogen-bond acceptors (Lipinski definition) is 2. The molecular weight excluding hydrogens is 172 g/mol. The molecule has 0 aliphatic heterocycles. The van der Waals surface area contributed by atoms with Gasteiger partial charge in [0.05, 0.1) is 0 Å². The predicted molar refractivity (Wildman–Crippen MR) is 58.6 cm³/mol. The molecule has 0 aromatic heterocycles. The van der Waals surface area contributed by atoms with E-state index >= 15 is 0 Å². The van der Waals surface area contributed by atoms with E-state index in [-0.39, 0.29) is 0 Å². The molecule has 78 valence electrons. The zero-order chi connectivity index (χ0) is 10.6. The Balaban J connectivity index is 2.68. The molecule has 0 heterocycles. The second-order valence-electron chi connectivity index (χ2n) is 4.36. The van der Waals surface area contributed by atoms with Crippen LogP contribution in [0.5, 0.6) is 0 Å². The molecule has 1 aliphatic carbocycles. The first-order valence-electron chi connectivity index (χ1n) is 5.47. The molecule has 0 aromatic carbocycles. The van der Waals surface area contributed by atoms with Crippen LogP contribution in [0.25, 0.3) is 0 Å². The van der Waals surface area contributed by atoms with Crippen LogP contribution in [0.4, 0.5) is 0 Å². The summed E-state index contributed by atoms with van der Waals surface area (Å²) in [6.45, 7) is 4.02. The van der Waals surface area contributed by atoms with Crippen molar-refractivity contribution in [1.82, 2.24) is 4.90 Å². The molecular formula is C12H20N2. The maximum atomic E-state index is 9.05. The Morgan fingerprint density at radius 1 is 1.21 bits per heavy atom. The Kier molecular flexibility index (Phi) is 4.00. The van der Waals surface area contributed by atoms with Crippen molar-refractivity contribution in [1.29, 1.82) is 5.26 Å². The Labute approximate surface area is 87.2 Å². The molecule has 14 heavy (non-hydrogen) atoms. The van der Waals surface area contributed by atoms with Crippen molar-refractivity contribution in [3.8, 4) is 6.07 Å². The molecule has 1 rings (SSSR count). The summed E-state index contributed by atoms with van der Waals surface area (Å²) in [7, 11) is 2.06. The molecule has 1 fully saturated rings. The first-order chi connectivity index (χ1) is 6.66. The van der Waals surface area contributed by atoms with Gasteiger partial charge in [-0.2, -0.15) is 5.26 Å². The lowest BCUT2D eigenvalue weighted by molar-refractivity contribution is 0.241. The highest BCUT2D eigenvalue weighted by molar-refractivity contribution is 5.24. The molecule has 0 atom stereocenters. The van der Waals surface area contributed by atoms with Gasteiger partial charge in [-0.1, -0.05) is 19.3 Å². The standard InChI is InChI=1S/C12H20N2/c1-10(2)12(9-13)14(3)11-7-5-4-6-8-11/h11H,4-8H2,1-3H3. The van der Waals surface area contributed by atoms with Gasteiger partial charge in [0.25, 0.3) is 0 Å². The predicted octanol–water partition coefficient (Wildman–Crippen LogP) is 3.07. The Morgan fingerprint density at radius 3 is 2.21 bits per heavy atom. The zero-order valence-electron chi connectivity index (χ0n) is 9.51. The van der Waals surface area contributed by atoms with E-state index in [2.05, 4.69) is 18.0 Å². The summed E-state index contributed by atoms with van der Waals surface area (Å²) in [6, 6.07) is 2.90. The van der Waals surface area contributed by atoms with E-state index in [4.69, 9.17) is 5.26 Å². The molecule has 1 saturated carbocycles. The summed E-state index contributed by atoms with van der Waals surface area (Å²) in [4.78, 5) is 2.18. The number of nitrogens with zero attached hydrogens (tertiary/aromatic N) is 2. The minimum atomic E-state index is 0.591. The number of nitriles is 1. The van der Waals surface area contributed by atoms with E-state index in [1.54, 1.807) is 0 Å². The molecule has 0 spiro atoms. The number of rotatable bonds is 2. The minimum absolute atomic E-state index is 0.591. The zero-order valence-corrected chi connectivity index (χ0v) is 9.51. The first kappa shape index (κ1) is 11.1. The second-order valence-corrected chi connectivity index (χ2v) is 4.36. The highest BCUT2D eigenvalue weighted by Crippen LogP contribution is 2.24. The van der Waals surface area contributed by atoms with E-state index in [9.17, 15) is 0 Å². The molecule has 0 saturated heterocycles. The Morgan fingerprint density at radius 2 is 1.79 bits per heavy atom. The Bertz CT molecular complexity index is 250. The fourth-order valence-electron chi connectivity index (χ4n) is 2.19. The molecule has 0 unspecified atom stereocenters. The van der Waals surface area contributed by atoms with Crippen LogP contribution in [-0.4, -0.2) is 18.0 Å². The molecule has 0 radical (unpaired) electrons. The fourth-order valence-corrected chi connectivity index (χ4v) is 2.19. The fraction of sp³-hybridized carbons (Fsp3) is 0.750. The maximum absolute atomic E-state index is 9.05. The van der Waals surface area contributed by atoms with Crippen LogP contribution in [-0.2, 0) is 0 Å². The average Bonchev–Trinajstić information content (AvgIpc) is 2.19. The van der Waals surface area contributed by atoms with Crippen molar-refractivity contribution in [2.24, 2.45) is 0 Å². The summed E-state index contributed by atoms with van der Waals surface area (Å²) < 4.78 is 0. The largest absolute Gasteiger partial charge is 0.363 e. The van der Waals surface area contributed by atoms with Gasteiger partial charge >= 0.3 is 0 Å². The molecule has 2 nitrogen and oxygen atoms in total. The summed E-state index contributed by atoms with van der Waals surface area (Å²) in [5, 5.41) is 9.05. The highest BCUT2D eigenvalue weighted by atomic mass is 15.1. The third-order valence-corrected chi connectivity index (χ3v) is 3.05. The maximum Gasteiger partial charge on any atom is 0.117 e. The first-order valence-corrected chi connectivity index (χ1v) is 5.47. The Hall–Kier alpha value is -0.970. The highest BCUT2D eigenvalue weighted by Gasteiger charge is 2.20. The van der Waals surface area contributed by atoms with E-state index in [0.717, 1.165) is 11.3 Å². The molecule has 0 aromatic rings. The summed E-state index contributed by atoms with van der Waals surface area (Å²) >= 11 is 0. The number of allylic oxidation sites excluding steroid dienone is 2. The number of hydrogen-bond donors (Lipinski definition) is 0. The van der Waals surface area contributed by atoms with Crippen LogP contribution < -0.4 is 0 Å². The van der Waals surface area contributed by atoms with Crippen LogP contribution in [0, 0.1) is 11.3 Å². The topological polar surface area (TPSA) is 27.0 Å². The second kappa shape index (κ2) is 5.05. The quantitative estimate of drug-likeness (QED) is 0.629. The lowest BCUT2D eigenvalue weighted by Crippen LogP contribution is -2.32. The lowest BCUT2D eigenvalue weighted by Gasteiger charge is -2.32. The molecule has 2 heteroatoms. The van der Waals surface area contributed by atoms with E-state index in [0.29, 0.717) is 6.04 Å². The smallest absolute Gasteiger partial charge is 0.117 e. The summed E-state index contributed by atoms with van der Waals surface area (Å²) in [6.07, 6.45) is 6.48. The monoisotopic (exact) mass is 192 g/mol. The van der Waals surface area contributed by atoms with Crippen molar-refractivity contribution < 1.29 is 0 Å².